The summed E-state index contributed by atoms with van der Waals surface area (Å²) in [4.78, 5) is 23.6. The van der Waals surface area contributed by atoms with Crippen molar-refractivity contribution in [3.8, 4) is 0 Å². The highest BCUT2D eigenvalue weighted by atomic mass is 79.9. The maximum Gasteiger partial charge on any atom is 0.374 e. The van der Waals surface area contributed by atoms with E-state index in [1.54, 1.807) is 0 Å². The van der Waals surface area contributed by atoms with Crippen molar-refractivity contribution in [2.24, 2.45) is 0 Å². The van der Waals surface area contributed by atoms with Crippen LogP contribution in [0.2, 0.25) is 5.02 Å². The number of hydrogen-bond acceptors (Lipinski definition) is 6. The molecule has 0 fully saturated rings. The summed E-state index contributed by atoms with van der Waals surface area (Å²) in [6.07, 6.45) is 0. The molecular formula is C15H14BrClN2O6S. The van der Waals surface area contributed by atoms with E-state index in [1.807, 2.05) is 0 Å². The second-order valence-electron chi connectivity index (χ2n) is 5.16. The molecule has 26 heavy (non-hydrogen) atoms. The van der Waals surface area contributed by atoms with Crippen LogP contribution in [0.4, 0.5) is 5.69 Å². The third kappa shape index (κ3) is 4.85. The van der Waals surface area contributed by atoms with Crippen molar-refractivity contribution in [1.82, 2.24) is 4.31 Å². The maximum atomic E-state index is 12.1. The number of nitrogens with zero attached hydrogens (tertiary/aromatic N) is 1. The highest BCUT2D eigenvalue weighted by molar-refractivity contribution is 9.10. The fraction of sp³-hybridized carbons (Fsp3) is 0.200. The molecule has 0 aliphatic rings. The van der Waals surface area contributed by atoms with Gasteiger partial charge in [-0.1, -0.05) is 11.6 Å². The first-order valence-corrected chi connectivity index (χ1v) is 9.67. The number of nitrogens with one attached hydrogen (secondary N) is 1. The predicted octanol–water partition coefficient (Wildman–Crippen LogP) is 2.74. The second-order valence-corrected chi connectivity index (χ2v) is 8.50. The Morgan fingerprint density at radius 3 is 2.54 bits per heavy atom. The topological polar surface area (TPSA) is 106 Å². The van der Waals surface area contributed by atoms with E-state index in [1.165, 1.54) is 44.4 Å². The maximum absolute atomic E-state index is 12.1. The van der Waals surface area contributed by atoms with Crippen molar-refractivity contribution in [2.75, 3.05) is 26.0 Å². The number of anilines is 1. The van der Waals surface area contributed by atoms with Crippen LogP contribution in [-0.4, -0.2) is 45.3 Å². The molecule has 2 rings (SSSR count). The second kappa shape index (κ2) is 8.21. The molecule has 8 nitrogen and oxygen atoms in total. The van der Waals surface area contributed by atoms with E-state index < -0.39 is 28.5 Å². The van der Waals surface area contributed by atoms with E-state index in [0.717, 1.165) is 4.31 Å². The first-order chi connectivity index (χ1) is 12.1. The molecule has 140 valence electrons. The van der Waals surface area contributed by atoms with Gasteiger partial charge in [-0.15, -0.1) is 0 Å². The number of ether oxygens (including phenoxy) is 1. The number of hydrogen-bond donors (Lipinski definition) is 1. The van der Waals surface area contributed by atoms with Crippen LogP contribution in [0.15, 0.2) is 44.3 Å². The number of carbonyl (C=O) groups excluding carboxylic acids is 2. The van der Waals surface area contributed by atoms with Gasteiger partial charge in [-0.05, 0) is 46.3 Å². The van der Waals surface area contributed by atoms with Crippen LogP contribution in [0.3, 0.4) is 0 Å². The van der Waals surface area contributed by atoms with Crippen molar-refractivity contribution >= 4 is 55.1 Å². The molecule has 0 bridgehead atoms. The minimum Gasteiger partial charge on any atom is -0.450 e. The van der Waals surface area contributed by atoms with Gasteiger partial charge in [-0.2, -0.15) is 0 Å². The van der Waals surface area contributed by atoms with Crippen LogP contribution in [0.25, 0.3) is 0 Å². The van der Waals surface area contributed by atoms with Crippen LogP contribution in [0.5, 0.6) is 0 Å². The van der Waals surface area contributed by atoms with Crippen LogP contribution in [-0.2, 0) is 19.6 Å². The summed E-state index contributed by atoms with van der Waals surface area (Å²) in [7, 11) is -0.923. The molecule has 11 heteroatoms. The smallest absolute Gasteiger partial charge is 0.374 e. The van der Waals surface area contributed by atoms with E-state index >= 15 is 0 Å². The molecule has 0 atom stereocenters. The van der Waals surface area contributed by atoms with Crippen molar-refractivity contribution in [1.29, 1.82) is 0 Å². The Bertz CT molecular complexity index is 941. The fourth-order valence-corrected chi connectivity index (χ4v) is 3.18. The van der Waals surface area contributed by atoms with Gasteiger partial charge in [0.05, 0.1) is 15.6 Å². The molecule has 2 aromatic rings. The number of carbonyl (C=O) groups is 2. The Kier molecular flexibility index (Phi) is 6.45. The Morgan fingerprint density at radius 2 is 1.96 bits per heavy atom. The molecule has 1 amide bonds. The van der Waals surface area contributed by atoms with E-state index in [2.05, 4.69) is 21.2 Å². The van der Waals surface area contributed by atoms with Gasteiger partial charge in [0.1, 0.15) is 0 Å². The number of amides is 1. The van der Waals surface area contributed by atoms with E-state index in [9.17, 15) is 18.0 Å². The zero-order valence-corrected chi connectivity index (χ0v) is 16.8. The summed E-state index contributed by atoms with van der Waals surface area (Å²) < 4.78 is 35.5. The zero-order valence-electron chi connectivity index (χ0n) is 13.7. The number of furan rings is 1. The van der Waals surface area contributed by atoms with Crippen molar-refractivity contribution in [3.63, 3.8) is 0 Å². The van der Waals surface area contributed by atoms with Gasteiger partial charge in [-0.3, -0.25) is 4.79 Å². The monoisotopic (exact) mass is 464 g/mol. The first kappa shape index (κ1) is 20.4. The Balaban J connectivity index is 2.05. The lowest BCUT2D eigenvalue weighted by Crippen LogP contribution is -2.23. The zero-order chi connectivity index (χ0) is 19.5. The molecular weight excluding hydrogens is 452 g/mol. The lowest BCUT2D eigenvalue weighted by atomic mass is 10.3. The quantitative estimate of drug-likeness (QED) is 0.658. The minimum atomic E-state index is -3.69. The summed E-state index contributed by atoms with van der Waals surface area (Å²) in [6, 6.07) is 6.78. The lowest BCUT2D eigenvalue weighted by Gasteiger charge is -2.13. The van der Waals surface area contributed by atoms with Crippen LogP contribution in [0.1, 0.15) is 10.6 Å². The van der Waals surface area contributed by atoms with Crippen LogP contribution >= 0.6 is 27.5 Å². The molecule has 1 aromatic heterocycles. The third-order valence-corrected chi connectivity index (χ3v) is 5.67. The first-order valence-electron chi connectivity index (χ1n) is 7.05. The number of rotatable bonds is 6. The SMILES string of the molecule is CN(C)S(=O)(=O)c1ccc(Cl)c(NC(=O)COC(=O)c2ccc(Br)o2)c1. The molecule has 1 aromatic carbocycles. The molecule has 0 aliphatic carbocycles. The van der Waals surface area contributed by atoms with Gasteiger partial charge in [0, 0.05) is 14.1 Å². The van der Waals surface area contributed by atoms with Gasteiger partial charge < -0.3 is 14.5 Å². The average Bonchev–Trinajstić information content (AvgIpc) is 3.01. The number of halogens is 2. The fourth-order valence-electron chi connectivity index (χ4n) is 1.78. The van der Waals surface area contributed by atoms with Gasteiger partial charge in [0.25, 0.3) is 5.91 Å². The average molecular weight is 466 g/mol. The molecule has 0 aliphatic heterocycles. The van der Waals surface area contributed by atoms with Crippen molar-refractivity contribution in [3.05, 3.63) is 45.8 Å². The molecule has 0 saturated carbocycles. The lowest BCUT2D eigenvalue weighted by molar-refractivity contribution is -0.119. The summed E-state index contributed by atoms with van der Waals surface area (Å²) in [5, 5.41) is 2.54. The molecule has 1 heterocycles. The Morgan fingerprint density at radius 1 is 1.27 bits per heavy atom. The molecule has 0 spiro atoms. The molecule has 0 unspecified atom stereocenters. The van der Waals surface area contributed by atoms with Crippen LogP contribution < -0.4 is 5.32 Å². The minimum absolute atomic E-state index is 0.0420. The third-order valence-electron chi connectivity index (χ3n) is 3.10. The van der Waals surface area contributed by atoms with Crippen LogP contribution in [0, 0.1) is 0 Å². The normalized spacial score (nSPS) is 11.4. The Labute approximate surface area is 163 Å². The number of sulfonamides is 1. The van der Waals surface area contributed by atoms with E-state index in [4.69, 9.17) is 20.8 Å². The largest absolute Gasteiger partial charge is 0.450 e. The molecule has 0 saturated heterocycles. The van der Waals surface area contributed by atoms with Gasteiger partial charge in [-0.25, -0.2) is 17.5 Å². The van der Waals surface area contributed by atoms with Gasteiger partial charge >= 0.3 is 5.97 Å². The summed E-state index contributed by atoms with van der Waals surface area (Å²) in [5.74, 6) is -1.58. The number of benzene rings is 1. The molecule has 1 N–H and O–H groups in total. The van der Waals surface area contributed by atoms with Gasteiger partial charge in [0.15, 0.2) is 11.3 Å². The van der Waals surface area contributed by atoms with Gasteiger partial charge in [0.2, 0.25) is 15.8 Å². The highest BCUT2D eigenvalue weighted by Crippen LogP contribution is 2.26. The highest BCUT2D eigenvalue weighted by Gasteiger charge is 2.20. The number of esters is 1. The standard InChI is InChI=1S/C15H14BrClN2O6S/c1-19(2)26(22,23)9-3-4-10(17)11(7-9)18-14(20)8-24-15(21)12-5-6-13(16)25-12/h3-7H,8H2,1-2H3,(H,18,20). The molecule has 0 radical (unpaired) electrons. The summed E-state index contributed by atoms with van der Waals surface area (Å²) in [5.41, 5.74) is 0.0800. The summed E-state index contributed by atoms with van der Waals surface area (Å²) >= 11 is 9.02. The van der Waals surface area contributed by atoms with Crippen molar-refractivity contribution in [2.45, 2.75) is 4.90 Å². The Hall–Kier alpha value is -1.88. The van der Waals surface area contributed by atoms with E-state index in [-0.39, 0.29) is 21.4 Å². The van der Waals surface area contributed by atoms with E-state index in [0.29, 0.717) is 4.67 Å². The summed E-state index contributed by atoms with van der Waals surface area (Å²) in [6.45, 7) is -0.599. The van der Waals surface area contributed by atoms with Crippen molar-refractivity contribution < 1.29 is 27.2 Å². The predicted molar refractivity (Wildman–Crippen MR) is 97.6 cm³/mol.